The molecule has 0 saturated carbocycles. The van der Waals surface area contributed by atoms with E-state index in [-0.39, 0.29) is 23.9 Å². The first-order chi connectivity index (χ1) is 14.4. The molecular formula is C23H32N4O3. The van der Waals surface area contributed by atoms with Crippen LogP contribution in [0.1, 0.15) is 43.7 Å². The molecule has 0 radical (unpaired) electrons. The number of amides is 4. The number of carbonyl (C=O) groups is 3. The van der Waals surface area contributed by atoms with Gasteiger partial charge in [-0.1, -0.05) is 31.2 Å². The molecule has 0 aliphatic carbocycles. The SMILES string of the molecule is CCN1CCC2(CC1)NC(=O)N(C1CCCN(C(=O)Cc3ccccc3C)C1)C2=O. The second-order valence-electron chi connectivity index (χ2n) is 8.86. The Kier molecular flexibility index (Phi) is 5.82. The summed E-state index contributed by atoms with van der Waals surface area (Å²) in [4.78, 5) is 44.6. The molecule has 0 aromatic heterocycles. The highest BCUT2D eigenvalue weighted by atomic mass is 16.2. The first kappa shape index (κ1) is 20.8. The quantitative estimate of drug-likeness (QED) is 0.767. The fraction of sp³-hybridized carbons (Fsp3) is 0.609. The monoisotopic (exact) mass is 412 g/mol. The van der Waals surface area contributed by atoms with Crippen LogP contribution in [0.2, 0.25) is 0 Å². The van der Waals surface area contributed by atoms with Crippen molar-refractivity contribution in [1.29, 1.82) is 0 Å². The Morgan fingerprint density at radius 3 is 2.60 bits per heavy atom. The van der Waals surface area contributed by atoms with Crippen LogP contribution in [-0.2, 0) is 16.0 Å². The number of imide groups is 1. The zero-order valence-electron chi connectivity index (χ0n) is 18.0. The molecule has 0 bridgehead atoms. The van der Waals surface area contributed by atoms with Crippen molar-refractivity contribution >= 4 is 17.8 Å². The van der Waals surface area contributed by atoms with Gasteiger partial charge in [0.2, 0.25) is 5.91 Å². The molecule has 3 aliphatic rings. The minimum atomic E-state index is -0.754. The van der Waals surface area contributed by atoms with Gasteiger partial charge in [0.25, 0.3) is 5.91 Å². The van der Waals surface area contributed by atoms with Gasteiger partial charge in [0.1, 0.15) is 5.54 Å². The Morgan fingerprint density at radius 2 is 1.90 bits per heavy atom. The van der Waals surface area contributed by atoms with Crippen LogP contribution in [0.15, 0.2) is 24.3 Å². The average molecular weight is 413 g/mol. The van der Waals surface area contributed by atoms with Gasteiger partial charge in [0, 0.05) is 26.2 Å². The highest BCUT2D eigenvalue weighted by Gasteiger charge is 2.54. The van der Waals surface area contributed by atoms with E-state index >= 15 is 0 Å². The van der Waals surface area contributed by atoms with Gasteiger partial charge in [-0.25, -0.2) is 4.79 Å². The second kappa shape index (κ2) is 8.38. The molecule has 3 aliphatic heterocycles. The third-order valence-electron chi connectivity index (χ3n) is 7.07. The Morgan fingerprint density at radius 1 is 1.17 bits per heavy atom. The number of nitrogens with zero attached hydrogens (tertiary/aromatic N) is 3. The van der Waals surface area contributed by atoms with Crippen LogP contribution in [0.3, 0.4) is 0 Å². The second-order valence-corrected chi connectivity index (χ2v) is 8.86. The van der Waals surface area contributed by atoms with Crippen LogP contribution in [0.25, 0.3) is 0 Å². The zero-order valence-corrected chi connectivity index (χ0v) is 18.0. The van der Waals surface area contributed by atoms with Gasteiger partial charge in [-0.3, -0.25) is 14.5 Å². The maximum absolute atomic E-state index is 13.3. The molecule has 3 heterocycles. The summed E-state index contributed by atoms with van der Waals surface area (Å²) in [6, 6.07) is 7.39. The maximum Gasteiger partial charge on any atom is 0.325 e. The summed E-state index contributed by atoms with van der Waals surface area (Å²) in [6.45, 7) is 7.84. The lowest BCUT2D eigenvalue weighted by Gasteiger charge is -2.39. The molecule has 30 heavy (non-hydrogen) atoms. The van der Waals surface area contributed by atoms with Gasteiger partial charge in [-0.15, -0.1) is 0 Å². The van der Waals surface area contributed by atoms with Crippen LogP contribution in [0.5, 0.6) is 0 Å². The molecule has 1 atom stereocenters. The van der Waals surface area contributed by atoms with E-state index in [0.29, 0.717) is 32.4 Å². The summed E-state index contributed by atoms with van der Waals surface area (Å²) in [5.74, 6) is -0.0338. The molecule has 3 fully saturated rings. The van der Waals surface area contributed by atoms with Crippen LogP contribution in [0.4, 0.5) is 4.79 Å². The number of benzene rings is 1. The van der Waals surface area contributed by atoms with Gasteiger partial charge < -0.3 is 15.1 Å². The summed E-state index contributed by atoms with van der Waals surface area (Å²) in [6.07, 6.45) is 3.23. The maximum atomic E-state index is 13.3. The Hall–Kier alpha value is -2.41. The van der Waals surface area contributed by atoms with Crippen LogP contribution in [-0.4, -0.2) is 76.8 Å². The minimum absolute atomic E-state index is 0.0621. The van der Waals surface area contributed by atoms with Crippen molar-refractivity contribution in [1.82, 2.24) is 20.0 Å². The average Bonchev–Trinajstić information content (AvgIpc) is 2.99. The number of likely N-dealkylation sites (tertiary alicyclic amines) is 2. The number of urea groups is 1. The lowest BCUT2D eigenvalue weighted by atomic mass is 9.87. The smallest absolute Gasteiger partial charge is 0.325 e. The molecule has 7 heteroatoms. The van der Waals surface area contributed by atoms with Crippen LogP contribution in [0, 0.1) is 6.92 Å². The van der Waals surface area contributed by atoms with Crippen molar-refractivity contribution < 1.29 is 14.4 Å². The van der Waals surface area contributed by atoms with Gasteiger partial charge in [0.05, 0.1) is 12.5 Å². The van der Waals surface area contributed by atoms with Gasteiger partial charge in [-0.05, 0) is 50.3 Å². The molecule has 1 spiro atoms. The highest BCUT2D eigenvalue weighted by molar-refractivity contribution is 6.07. The number of aryl methyl sites for hydroxylation is 1. The molecule has 1 unspecified atom stereocenters. The highest BCUT2D eigenvalue weighted by Crippen LogP contribution is 2.32. The minimum Gasteiger partial charge on any atom is -0.340 e. The topological polar surface area (TPSA) is 73.0 Å². The number of rotatable bonds is 4. The molecule has 1 aromatic carbocycles. The predicted molar refractivity (Wildman–Crippen MR) is 114 cm³/mol. The third-order valence-corrected chi connectivity index (χ3v) is 7.07. The molecule has 162 valence electrons. The van der Waals surface area contributed by atoms with E-state index in [9.17, 15) is 14.4 Å². The molecule has 7 nitrogen and oxygen atoms in total. The Balaban J connectivity index is 1.43. The van der Waals surface area contributed by atoms with Crippen molar-refractivity contribution in [3.8, 4) is 0 Å². The largest absolute Gasteiger partial charge is 0.340 e. The molecule has 4 amide bonds. The van der Waals surface area contributed by atoms with E-state index in [2.05, 4.69) is 17.1 Å². The molecule has 1 N–H and O–H groups in total. The normalized spacial score (nSPS) is 24.4. The fourth-order valence-corrected chi connectivity index (χ4v) is 5.04. The first-order valence-electron chi connectivity index (χ1n) is 11.1. The Bertz CT molecular complexity index is 831. The molecule has 1 aromatic rings. The fourth-order valence-electron chi connectivity index (χ4n) is 5.04. The number of carbonyl (C=O) groups excluding carboxylic acids is 3. The summed E-state index contributed by atoms with van der Waals surface area (Å²) in [5, 5.41) is 3.01. The zero-order chi connectivity index (χ0) is 21.3. The number of piperidine rings is 2. The van der Waals surface area contributed by atoms with Gasteiger partial charge in [-0.2, -0.15) is 0 Å². The molecule has 3 saturated heterocycles. The van der Waals surface area contributed by atoms with Crippen LogP contribution < -0.4 is 5.32 Å². The van der Waals surface area contributed by atoms with Gasteiger partial charge >= 0.3 is 6.03 Å². The predicted octanol–water partition coefficient (Wildman–Crippen LogP) is 1.93. The summed E-state index contributed by atoms with van der Waals surface area (Å²) >= 11 is 0. The lowest BCUT2D eigenvalue weighted by molar-refractivity contribution is -0.138. The summed E-state index contributed by atoms with van der Waals surface area (Å²) in [7, 11) is 0. The number of hydrogen-bond acceptors (Lipinski definition) is 4. The van der Waals surface area contributed by atoms with Crippen molar-refractivity contribution in [2.24, 2.45) is 0 Å². The first-order valence-corrected chi connectivity index (χ1v) is 11.1. The third kappa shape index (κ3) is 3.83. The van der Waals surface area contributed by atoms with Crippen molar-refractivity contribution in [3.05, 3.63) is 35.4 Å². The van der Waals surface area contributed by atoms with E-state index in [4.69, 9.17) is 0 Å². The standard InChI is InChI=1S/C23H32N4O3/c1-3-25-13-10-23(11-14-25)21(29)27(22(30)24-23)19-9-6-12-26(16-19)20(28)15-18-8-5-4-7-17(18)2/h4-5,7-8,19H,3,6,9-16H2,1-2H3,(H,24,30). The number of nitrogens with one attached hydrogen (secondary N) is 1. The summed E-state index contributed by atoms with van der Waals surface area (Å²) in [5.41, 5.74) is 1.38. The lowest BCUT2D eigenvalue weighted by Crippen LogP contribution is -2.56. The van der Waals surface area contributed by atoms with Crippen molar-refractivity contribution in [2.75, 3.05) is 32.7 Å². The van der Waals surface area contributed by atoms with Crippen LogP contribution >= 0.6 is 0 Å². The summed E-state index contributed by atoms with van der Waals surface area (Å²) < 4.78 is 0. The number of hydrogen-bond donors (Lipinski definition) is 1. The van der Waals surface area contributed by atoms with Gasteiger partial charge in [0.15, 0.2) is 0 Å². The Labute approximate surface area is 178 Å². The van der Waals surface area contributed by atoms with E-state index in [1.165, 1.54) is 4.90 Å². The van der Waals surface area contributed by atoms with E-state index in [1.54, 1.807) is 0 Å². The van der Waals surface area contributed by atoms with E-state index in [1.807, 2.05) is 36.1 Å². The molecule has 4 rings (SSSR count). The van der Waals surface area contributed by atoms with E-state index < -0.39 is 5.54 Å². The molecular weight excluding hydrogens is 380 g/mol. The van der Waals surface area contributed by atoms with Crippen molar-refractivity contribution in [2.45, 2.75) is 57.5 Å². The van der Waals surface area contributed by atoms with E-state index in [0.717, 1.165) is 43.6 Å². The van der Waals surface area contributed by atoms with Crippen molar-refractivity contribution in [3.63, 3.8) is 0 Å².